The summed E-state index contributed by atoms with van der Waals surface area (Å²) in [5.41, 5.74) is 2.73. The molecule has 1 aliphatic heterocycles. The van der Waals surface area contributed by atoms with Gasteiger partial charge >= 0.3 is 0 Å². The number of hydrogen-bond acceptors (Lipinski definition) is 3. The molecule has 28 heavy (non-hydrogen) atoms. The second-order valence-corrected chi connectivity index (χ2v) is 6.92. The first kappa shape index (κ1) is 20.4. The summed E-state index contributed by atoms with van der Waals surface area (Å²) >= 11 is 6.02. The summed E-state index contributed by atoms with van der Waals surface area (Å²) in [5, 5.41) is 7.29. The maximum absolute atomic E-state index is 13.8. The van der Waals surface area contributed by atoms with Gasteiger partial charge in [0.1, 0.15) is 11.6 Å². The van der Waals surface area contributed by atoms with Crippen LogP contribution in [0.25, 0.3) is 0 Å². The van der Waals surface area contributed by atoms with Crippen LogP contribution >= 0.6 is 11.6 Å². The highest BCUT2D eigenvalue weighted by molar-refractivity contribution is 6.30. The molecule has 1 aliphatic rings. The van der Waals surface area contributed by atoms with Gasteiger partial charge in [-0.05, 0) is 55.2 Å². The van der Waals surface area contributed by atoms with E-state index >= 15 is 0 Å². The van der Waals surface area contributed by atoms with Crippen molar-refractivity contribution in [3.05, 3.63) is 63.9 Å². The van der Waals surface area contributed by atoms with Crippen LogP contribution in [0.4, 0.5) is 4.39 Å². The lowest BCUT2D eigenvalue weighted by atomic mass is 10.1. The quantitative estimate of drug-likeness (QED) is 0.545. The van der Waals surface area contributed by atoms with Crippen LogP contribution in [0.1, 0.15) is 23.6 Å². The molecule has 0 atom stereocenters. The highest BCUT2D eigenvalue weighted by Gasteiger charge is 2.16. The smallest absolute Gasteiger partial charge is 0.191 e. The van der Waals surface area contributed by atoms with Crippen LogP contribution in [0.5, 0.6) is 5.75 Å². The molecule has 0 unspecified atom stereocenters. The fraction of sp³-hybridized carbons (Fsp3) is 0.381. The predicted octanol–water partition coefficient (Wildman–Crippen LogP) is 3.69. The van der Waals surface area contributed by atoms with E-state index < -0.39 is 0 Å². The number of rotatable bonds is 7. The molecule has 0 fully saturated rings. The Morgan fingerprint density at radius 1 is 1.21 bits per heavy atom. The zero-order valence-electron chi connectivity index (χ0n) is 15.9. The Balaban J connectivity index is 1.56. The van der Waals surface area contributed by atoms with E-state index in [4.69, 9.17) is 21.1 Å². The van der Waals surface area contributed by atoms with Crippen LogP contribution in [0, 0.1) is 5.82 Å². The van der Waals surface area contributed by atoms with E-state index in [1.165, 1.54) is 17.7 Å². The van der Waals surface area contributed by atoms with Gasteiger partial charge in [0, 0.05) is 30.2 Å². The van der Waals surface area contributed by atoms with Crippen molar-refractivity contribution in [1.29, 1.82) is 0 Å². The van der Waals surface area contributed by atoms with Crippen molar-refractivity contribution in [2.24, 2.45) is 4.99 Å². The zero-order valence-corrected chi connectivity index (χ0v) is 16.7. The van der Waals surface area contributed by atoms with Crippen LogP contribution in [-0.4, -0.2) is 32.4 Å². The molecule has 2 aromatic rings. The minimum atomic E-state index is -0.279. The van der Waals surface area contributed by atoms with Crippen LogP contribution in [0.15, 0.2) is 41.4 Å². The summed E-state index contributed by atoms with van der Waals surface area (Å²) in [6, 6.07) is 10.8. The zero-order chi connectivity index (χ0) is 19.8. The molecule has 0 saturated carbocycles. The molecule has 3 rings (SSSR count). The first-order valence-electron chi connectivity index (χ1n) is 9.44. The third-order valence-corrected chi connectivity index (χ3v) is 4.58. The predicted molar refractivity (Wildman–Crippen MR) is 110 cm³/mol. The lowest BCUT2D eigenvalue weighted by molar-refractivity contribution is -0.0172. The Morgan fingerprint density at radius 2 is 2.11 bits per heavy atom. The number of aliphatic imine (C=N–C) groups is 1. The molecule has 2 N–H and O–H groups in total. The van der Waals surface area contributed by atoms with Gasteiger partial charge in [-0.2, -0.15) is 0 Å². The first-order chi connectivity index (χ1) is 13.7. The van der Waals surface area contributed by atoms with Crippen molar-refractivity contribution in [3.63, 3.8) is 0 Å². The van der Waals surface area contributed by atoms with Gasteiger partial charge in [0.15, 0.2) is 12.8 Å². The Morgan fingerprint density at radius 3 is 2.93 bits per heavy atom. The fourth-order valence-electron chi connectivity index (χ4n) is 3.09. The summed E-state index contributed by atoms with van der Waals surface area (Å²) < 4.78 is 24.6. The lowest BCUT2D eigenvalue weighted by Gasteiger charge is -2.20. The van der Waals surface area contributed by atoms with E-state index in [1.807, 2.05) is 25.1 Å². The summed E-state index contributed by atoms with van der Waals surface area (Å²) in [6.07, 6.45) is 1.43. The number of nitrogens with zero attached hydrogens (tertiary/aromatic N) is 1. The molecule has 2 aromatic carbocycles. The number of fused-ring (bicyclic) bond motifs is 1. The number of benzene rings is 2. The van der Waals surface area contributed by atoms with Crippen LogP contribution in [-0.2, 0) is 24.2 Å². The highest BCUT2D eigenvalue weighted by atomic mass is 35.5. The maximum Gasteiger partial charge on any atom is 0.191 e. The van der Waals surface area contributed by atoms with E-state index in [0.717, 1.165) is 47.4 Å². The van der Waals surface area contributed by atoms with Gasteiger partial charge in [-0.15, -0.1) is 0 Å². The Bertz CT molecular complexity index is 829. The van der Waals surface area contributed by atoms with E-state index in [9.17, 15) is 4.39 Å². The molecular formula is C21H25ClFN3O2. The molecule has 5 nitrogen and oxygen atoms in total. The molecular weight excluding hydrogens is 381 g/mol. The van der Waals surface area contributed by atoms with Crippen molar-refractivity contribution >= 4 is 17.6 Å². The number of guanidine groups is 1. The molecule has 0 aromatic heterocycles. The molecule has 0 spiro atoms. The molecule has 1 heterocycles. The molecule has 0 bridgehead atoms. The van der Waals surface area contributed by atoms with Gasteiger partial charge in [0.05, 0.1) is 6.61 Å². The fourth-order valence-corrected chi connectivity index (χ4v) is 3.30. The van der Waals surface area contributed by atoms with Gasteiger partial charge in [0.2, 0.25) is 0 Å². The average Bonchev–Trinajstić information content (AvgIpc) is 2.68. The van der Waals surface area contributed by atoms with Gasteiger partial charge in [-0.1, -0.05) is 23.7 Å². The molecule has 150 valence electrons. The topological polar surface area (TPSA) is 54.9 Å². The summed E-state index contributed by atoms with van der Waals surface area (Å²) in [5.74, 6) is 1.18. The SMILES string of the molecule is CCNC(=NCCc1cc(F)cc2c1OCOC2)NCCc1cccc(Cl)c1. The van der Waals surface area contributed by atoms with Crippen molar-refractivity contribution < 1.29 is 13.9 Å². The van der Waals surface area contributed by atoms with Crippen molar-refractivity contribution in [2.75, 3.05) is 26.4 Å². The van der Waals surface area contributed by atoms with Crippen LogP contribution < -0.4 is 15.4 Å². The minimum absolute atomic E-state index is 0.197. The largest absolute Gasteiger partial charge is 0.467 e. The maximum atomic E-state index is 13.8. The number of hydrogen-bond donors (Lipinski definition) is 2. The molecule has 0 amide bonds. The highest BCUT2D eigenvalue weighted by Crippen LogP contribution is 2.29. The van der Waals surface area contributed by atoms with Gasteiger partial charge in [-0.25, -0.2) is 4.39 Å². The Kier molecular flexibility index (Phi) is 7.51. The first-order valence-corrected chi connectivity index (χ1v) is 9.82. The van der Waals surface area contributed by atoms with Gasteiger partial charge in [-0.3, -0.25) is 4.99 Å². The van der Waals surface area contributed by atoms with Crippen LogP contribution in [0.3, 0.4) is 0 Å². The van der Waals surface area contributed by atoms with Gasteiger partial charge < -0.3 is 20.1 Å². The number of halogens is 2. The average molecular weight is 406 g/mol. The Labute approximate surface area is 169 Å². The van der Waals surface area contributed by atoms with E-state index in [-0.39, 0.29) is 12.6 Å². The second kappa shape index (κ2) is 10.3. The summed E-state index contributed by atoms with van der Waals surface area (Å²) in [7, 11) is 0. The minimum Gasteiger partial charge on any atom is -0.467 e. The third kappa shape index (κ3) is 5.84. The van der Waals surface area contributed by atoms with E-state index in [0.29, 0.717) is 19.6 Å². The number of ether oxygens (including phenoxy) is 2. The summed E-state index contributed by atoms with van der Waals surface area (Å²) in [6.45, 7) is 4.61. The number of nitrogens with one attached hydrogen (secondary N) is 2. The standard InChI is InChI=1S/C21H25ClFN3O2/c1-2-24-21(25-8-6-15-4-3-5-18(22)10-15)26-9-7-16-11-19(23)12-17-13-27-14-28-20(16)17/h3-5,10-12H,2,6-9,13-14H2,1H3,(H2,24,25,26). The van der Waals surface area contributed by atoms with Gasteiger partial charge in [0.25, 0.3) is 0 Å². The monoisotopic (exact) mass is 405 g/mol. The van der Waals surface area contributed by atoms with E-state index in [2.05, 4.69) is 21.7 Å². The van der Waals surface area contributed by atoms with Crippen molar-refractivity contribution in [3.8, 4) is 5.75 Å². The normalized spacial score (nSPS) is 13.6. The summed E-state index contributed by atoms with van der Waals surface area (Å²) in [4.78, 5) is 4.60. The molecule has 7 heteroatoms. The van der Waals surface area contributed by atoms with Crippen LogP contribution in [0.2, 0.25) is 5.02 Å². The molecule has 0 aliphatic carbocycles. The molecule has 0 radical (unpaired) electrons. The van der Waals surface area contributed by atoms with E-state index in [1.54, 1.807) is 0 Å². The second-order valence-electron chi connectivity index (χ2n) is 6.48. The molecule has 0 saturated heterocycles. The Hall–Kier alpha value is -2.31. The van der Waals surface area contributed by atoms with Crippen molar-refractivity contribution in [1.82, 2.24) is 10.6 Å². The lowest BCUT2D eigenvalue weighted by Crippen LogP contribution is -2.38. The third-order valence-electron chi connectivity index (χ3n) is 4.34. The van der Waals surface area contributed by atoms with Crippen molar-refractivity contribution in [2.45, 2.75) is 26.4 Å².